The Morgan fingerprint density at radius 3 is 2.28 bits per heavy atom. The van der Waals surface area contributed by atoms with Crippen LogP contribution >= 0.6 is 11.6 Å². The van der Waals surface area contributed by atoms with Crippen molar-refractivity contribution in [1.29, 1.82) is 0 Å². The lowest BCUT2D eigenvalue weighted by Crippen LogP contribution is -2.47. The fourth-order valence-corrected chi connectivity index (χ4v) is 4.75. The van der Waals surface area contributed by atoms with Crippen molar-refractivity contribution in [3.05, 3.63) is 29.3 Å². The van der Waals surface area contributed by atoms with Crippen molar-refractivity contribution in [3.63, 3.8) is 0 Å². The van der Waals surface area contributed by atoms with Crippen molar-refractivity contribution >= 4 is 29.4 Å². The summed E-state index contributed by atoms with van der Waals surface area (Å²) in [6, 6.07) is 6.29. The van der Waals surface area contributed by atoms with Gasteiger partial charge in [-0.05, 0) is 70.7 Å². The first-order valence-electron chi connectivity index (χ1n) is 12.6. The first kappa shape index (κ1) is 29.9. The molecule has 0 radical (unpaired) electrons. The predicted octanol–water partition coefficient (Wildman–Crippen LogP) is 5.01. The molecule has 1 aromatic carbocycles. The third kappa shape index (κ3) is 9.97. The minimum absolute atomic E-state index is 0.205. The highest BCUT2D eigenvalue weighted by Gasteiger charge is 2.45. The second-order valence-electron chi connectivity index (χ2n) is 10.6. The number of halogens is 1. The van der Waals surface area contributed by atoms with Gasteiger partial charge in [0.15, 0.2) is 0 Å². The quantitative estimate of drug-likeness (QED) is 0.328. The van der Waals surface area contributed by atoms with Crippen molar-refractivity contribution in [3.8, 4) is 5.75 Å². The Bertz CT molecular complexity index is 860. The molecule has 8 nitrogen and oxygen atoms in total. The second kappa shape index (κ2) is 13.8. The molecular weight excluding hydrogens is 486 g/mol. The van der Waals surface area contributed by atoms with Gasteiger partial charge in [0.25, 0.3) is 0 Å². The molecule has 1 fully saturated rings. The topological polar surface area (TPSA) is 111 Å². The van der Waals surface area contributed by atoms with Crippen molar-refractivity contribution in [2.24, 2.45) is 11.3 Å². The number of carboxylic acids is 1. The lowest BCUT2D eigenvalue weighted by atomic mass is 9.75. The first-order chi connectivity index (χ1) is 16.9. The van der Waals surface area contributed by atoms with Gasteiger partial charge in [0.05, 0.1) is 24.4 Å². The summed E-state index contributed by atoms with van der Waals surface area (Å²) in [5.74, 6) is -1.41. The lowest BCUT2D eigenvalue weighted by molar-refractivity contribution is -0.162. The van der Waals surface area contributed by atoms with Gasteiger partial charge in [-0.1, -0.05) is 24.4 Å². The van der Waals surface area contributed by atoms with E-state index >= 15 is 0 Å². The molecule has 2 N–H and O–H groups in total. The van der Waals surface area contributed by atoms with E-state index in [9.17, 15) is 19.5 Å². The van der Waals surface area contributed by atoms with Crippen LogP contribution in [-0.2, 0) is 23.9 Å². The number of nitrogens with one attached hydrogen (secondary N) is 1. The highest BCUT2D eigenvalue weighted by molar-refractivity contribution is 6.30. The predicted molar refractivity (Wildman–Crippen MR) is 137 cm³/mol. The molecule has 1 aromatic rings. The molecule has 1 aliphatic carbocycles. The number of methoxy groups -OCH3 is 1. The zero-order valence-corrected chi connectivity index (χ0v) is 22.6. The SMILES string of the molecule is COCCC(CC1(C(=O)NC(CCOc2ccc(Cl)cc2)CC(=O)O)CCCC1)C(=O)OC(C)(C)C. The number of carbonyl (C=O) groups is 3. The van der Waals surface area contributed by atoms with Gasteiger partial charge >= 0.3 is 11.9 Å². The smallest absolute Gasteiger partial charge is 0.309 e. The number of aliphatic carboxylic acids is 1. The summed E-state index contributed by atoms with van der Waals surface area (Å²) in [4.78, 5) is 38.1. The molecule has 2 unspecified atom stereocenters. The fraction of sp³-hybridized carbons (Fsp3) is 0.667. The maximum Gasteiger partial charge on any atom is 0.309 e. The van der Waals surface area contributed by atoms with Crippen LogP contribution in [0.25, 0.3) is 0 Å². The van der Waals surface area contributed by atoms with E-state index < -0.39 is 28.9 Å². The van der Waals surface area contributed by atoms with Gasteiger partial charge in [-0.2, -0.15) is 0 Å². The van der Waals surface area contributed by atoms with Crippen LogP contribution in [0.1, 0.15) is 72.1 Å². The van der Waals surface area contributed by atoms with Gasteiger partial charge in [0.2, 0.25) is 5.91 Å². The average molecular weight is 526 g/mol. The summed E-state index contributed by atoms with van der Waals surface area (Å²) in [6.07, 6.45) is 3.95. The third-order valence-corrected chi connectivity index (χ3v) is 6.65. The monoisotopic (exact) mass is 525 g/mol. The number of esters is 1. The van der Waals surface area contributed by atoms with Gasteiger partial charge in [-0.15, -0.1) is 0 Å². The molecule has 202 valence electrons. The summed E-state index contributed by atoms with van der Waals surface area (Å²) in [5, 5.41) is 13.0. The summed E-state index contributed by atoms with van der Waals surface area (Å²) in [7, 11) is 1.58. The summed E-state index contributed by atoms with van der Waals surface area (Å²) in [6.45, 7) is 6.07. The minimum atomic E-state index is -1.00. The number of hydrogen-bond donors (Lipinski definition) is 2. The van der Waals surface area contributed by atoms with Crippen LogP contribution in [-0.4, -0.2) is 54.9 Å². The van der Waals surface area contributed by atoms with Crippen LogP contribution in [0.15, 0.2) is 24.3 Å². The van der Waals surface area contributed by atoms with Crippen molar-refractivity contribution < 1.29 is 33.7 Å². The van der Waals surface area contributed by atoms with Crippen molar-refractivity contribution in [2.45, 2.75) is 83.8 Å². The number of benzene rings is 1. The van der Waals surface area contributed by atoms with E-state index in [-0.39, 0.29) is 24.9 Å². The molecule has 0 heterocycles. The normalized spacial score (nSPS) is 16.7. The van der Waals surface area contributed by atoms with E-state index in [2.05, 4.69) is 5.32 Å². The average Bonchev–Trinajstić information content (AvgIpc) is 3.26. The maximum absolute atomic E-state index is 13.6. The number of carboxylic acid groups (broad SMARTS) is 1. The van der Waals surface area contributed by atoms with E-state index in [1.807, 2.05) is 20.8 Å². The molecule has 0 bridgehead atoms. The lowest BCUT2D eigenvalue weighted by Gasteiger charge is -2.34. The van der Waals surface area contributed by atoms with Gasteiger partial charge < -0.3 is 24.6 Å². The molecular formula is C27H40ClNO7. The van der Waals surface area contributed by atoms with Crippen LogP contribution in [0.4, 0.5) is 0 Å². The standard InChI is InChI=1S/C27H40ClNO7/c1-26(2,3)36-24(32)19(11-15-34-4)18-27(13-5-6-14-27)25(33)29-21(17-23(30)31)12-16-35-22-9-7-20(28)8-10-22/h7-10,19,21H,5-6,11-18H2,1-4H3,(H,29,33)(H,30,31). The molecule has 0 saturated heterocycles. The van der Waals surface area contributed by atoms with Crippen molar-refractivity contribution in [1.82, 2.24) is 5.32 Å². The molecule has 0 spiro atoms. The number of amides is 1. The first-order valence-corrected chi connectivity index (χ1v) is 12.9. The molecule has 36 heavy (non-hydrogen) atoms. The molecule has 2 atom stereocenters. The second-order valence-corrected chi connectivity index (χ2v) is 11.0. The van der Waals surface area contributed by atoms with Crippen LogP contribution in [0.2, 0.25) is 5.02 Å². The highest BCUT2D eigenvalue weighted by Crippen LogP contribution is 2.44. The van der Waals surface area contributed by atoms with Crippen LogP contribution in [0.5, 0.6) is 5.75 Å². The summed E-state index contributed by atoms with van der Waals surface area (Å²) >= 11 is 5.90. The molecule has 0 aliphatic heterocycles. The summed E-state index contributed by atoms with van der Waals surface area (Å²) < 4.78 is 16.6. The fourth-order valence-electron chi connectivity index (χ4n) is 4.62. The molecule has 1 saturated carbocycles. The van der Waals surface area contributed by atoms with E-state index in [4.69, 9.17) is 25.8 Å². The molecule has 1 aliphatic rings. The van der Waals surface area contributed by atoms with Crippen LogP contribution < -0.4 is 10.1 Å². The molecule has 9 heteroatoms. The van der Waals surface area contributed by atoms with E-state index in [1.165, 1.54) is 0 Å². The van der Waals surface area contributed by atoms with Crippen LogP contribution in [0, 0.1) is 11.3 Å². The van der Waals surface area contributed by atoms with Crippen LogP contribution in [0.3, 0.4) is 0 Å². The van der Waals surface area contributed by atoms with Gasteiger partial charge in [0.1, 0.15) is 11.4 Å². The minimum Gasteiger partial charge on any atom is -0.494 e. The highest BCUT2D eigenvalue weighted by atomic mass is 35.5. The Hall–Kier alpha value is -2.32. The van der Waals surface area contributed by atoms with Gasteiger partial charge in [-0.25, -0.2) is 0 Å². The molecule has 1 amide bonds. The Balaban J connectivity index is 2.10. The zero-order chi connectivity index (χ0) is 26.8. The Morgan fingerprint density at radius 1 is 1.08 bits per heavy atom. The number of ether oxygens (including phenoxy) is 3. The van der Waals surface area contributed by atoms with Gasteiger partial charge in [-0.3, -0.25) is 14.4 Å². The molecule has 0 aromatic heterocycles. The Labute approximate surface area is 219 Å². The number of rotatable bonds is 14. The third-order valence-electron chi connectivity index (χ3n) is 6.39. The Morgan fingerprint density at radius 2 is 1.72 bits per heavy atom. The van der Waals surface area contributed by atoms with Gasteiger partial charge in [0, 0.05) is 31.2 Å². The van der Waals surface area contributed by atoms with E-state index in [0.717, 1.165) is 12.8 Å². The van der Waals surface area contributed by atoms with E-state index in [1.54, 1.807) is 31.4 Å². The zero-order valence-electron chi connectivity index (χ0n) is 21.8. The van der Waals surface area contributed by atoms with E-state index in [0.29, 0.717) is 49.5 Å². The van der Waals surface area contributed by atoms with Crippen molar-refractivity contribution in [2.75, 3.05) is 20.3 Å². The Kier molecular flexibility index (Phi) is 11.5. The maximum atomic E-state index is 13.6. The summed E-state index contributed by atoms with van der Waals surface area (Å²) in [5.41, 5.74) is -1.38. The number of carbonyl (C=O) groups excluding carboxylic acids is 2. The number of hydrogen-bond acceptors (Lipinski definition) is 6. The largest absolute Gasteiger partial charge is 0.494 e. The molecule has 2 rings (SSSR count).